The van der Waals surface area contributed by atoms with Crippen LogP contribution in [0.2, 0.25) is 10.0 Å². The molecule has 1 aliphatic heterocycles. The van der Waals surface area contributed by atoms with E-state index >= 15 is 0 Å². The molecule has 21 heavy (non-hydrogen) atoms. The van der Waals surface area contributed by atoms with Gasteiger partial charge in [0.15, 0.2) is 9.84 Å². The lowest BCUT2D eigenvalue weighted by Gasteiger charge is -2.34. The first-order valence-electron chi connectivity index (χ1n) is 6.50. The first-order chi connectivity index (χ1) is 9.54. The molecule has 1 aromatic carbocycles. The number of hydrogen-bond donors (Lipinski definition) is 0. The molecule has 4 nitrogen and oxygen atoms in total. The summed E-state index contributed by atoms with van der Waals surface area (Å²) in [6.07, 6.45) is 1.67. The number of nitrogens with zero attached hydrogens (tertiary/aromatic N) is 1. The highest BCUT2D eigenvalue weighted by molar-refractivity contribution is 7.92. The van der Waals surface area contributed by atoms with Crippen LogP contribution in [0.1, 0.15) is 25.0 Å². The molecular weight excluding hydrogens is 333 g/mol. The molecule has 1 amide bonds. The maximum Gasteiger partial charge on any atom is 0.243 e. The van der Waals surface area contributed by atoms with Gasteiger partial charge >= 0.3 is 0 Å². The van der Waals surface area contributed by atoms with E-state index in [1.807, 2.05) is 0 Å². The van der Waals surface area contributed by atoms with Crippen LogP contribution in [0.25, 0.3) is 0 Å². The van der Waals surface area contributed by atoms with E-state index in [0.29, 0.717) is 29.6 Å². The van der Waals surface area contributed by atoms with Gasteiger partial charge in [-0.05, 0) is 43.5 Å². The molecule has 0 N–H and O–H groups in total. The zero-order valence-electron chi connectivity index (χ0n) is 12.1. The van der Waals surface area contributed by atoms with Gasteiger partial charge in [0.1, 0.15) is 4.75 Å². The van der Waals surface area contributed by atoms with E-state index in [1.54, 1.807) is 17.0 Å². The average Bonchev–Trinajstić information content (AvgIpc) is 2.35. The number of carbonyl (C=O) groups is 1. The van der Waals surface area contributed by atoms with Crippen molar-refractivity contribution in [2.24, 2.45) is 0 Å². The number of hydrogen-bond acceptors (Lipinski definition) is 3. The summed E-state index contributed by atoms with van der Waals surface area (Å²) in [5, 5.41) is 1.10. The molecule has 0 atom stereocenters. The molecule has 0 unspecified atom stereocenters. The van der Waals surface area contributed by atoms with Crippen molar-refractivity contribution in [1.29, 1.82) is 0 Å². The number of amides is 1. The minimum Gasteiger partial charge on any atom is -0.337 e. The highest BCUT2D eigenvalue weighted by atomic mass is 35.5. The van der Waals surface area contributed by atoms with Gasteiger partial charge in [-0.2, -0.15) is 0 Å². The molecule has 0 aliphatic carbocycles. The van der Waals surface area contributed by atoms with E-state index in [4.69, 9.17) is 23.2 Å². The van der Waals surface area contributed by atoms with Crippen LogP contribution >= 0.6 is 23.2 Å². The largest absolute Gasteiger partial charge is 0.337 e. The van der Waals surface area contributed by atoms with Crippen LogP contribution in [0.3, 0.4) is 0 Å². The number of benzene rings is 1. The zero-order chi connectivity index (χ0) is 16.0. The minimum atomic E-state index is -3.49. The second-order valence-electron chi connectivity index (χ2n) is 5.78. The summed E-state index contributed by atoms with van der Waals surface area (Å²) in [4.78, 5) is 14.1. The van der Waals surface area contributed by atoms with Gasteiger partial charge in [-0.15, -0.1) is 0 Å². The molecule has 0 aromatic heterocycles. The molecular formula is C14H17Cl2NO3S. The number of rotatable bonds is 2. The van der Waals surface area contributed by atoms with Crippen molar-refractivity contribution < 1.29 is 13.2 Å². The second kappa shape index (κ2) is 5.45. The van der Waals surface area contributed by atoms with Crippen LogP contribution in [-0.4, -0.2) is 36.8 Å². The maximum atomic E-state index is 12.5. The predicted octanol–water partition coefficient (Wildman–Crippen LogP) is 2.70. The smallest absolute Gasteiger partial charge is 0.243 e. The summed E-state index contributed by atoms with van der Waals surface area (Å²) in [5.74, 6) is -0.397. The van der Waals surface area contributed by atoms with Crippen LogP contribution in [-0.2, 0) is 27.6 Å². The third kappa shape index (κ3) is 3.05. The Kier molecular flexibility index (Phi) is 4.30. The predicted molar refractivity (Wildman–Crippen MR) is 84.5 cm³/mol. The first kappa shape index (κ1) is 16.6. The molecule has 0 saturated carbocycles. The van der Waals surface area contributed by atoms with Crippen molar-refractivity contribution in [1.82, 2.24) is 4.90 Å². The standard InChI is InChI=1S/C14H17Cl2NO3S/c1-14(2,21(3,19)20)13(18)17-5-4-11-9(8-17)6-10(15)7-12(11)16/h6-7H,4-5,8H2,1-3H3. The summed E-state index contributed by atoms with van der Waals surface area (Å²) < 4.78 is 22.2. The molecule has 2 rings (SSSR count). The molecule has 0 fully saturated rings. The molecule has 116 valence electrons. The molecule has 0 spiro atoms. The quantitative estimate of drug-likeness (QED) is 0.824. The fourth-order valence-electron chi connectivity index (χ4n) is 2.32. The second-order valence-corrected chi connectivity index (χ2v) is 9.19. The first-order valence-corrected chi connectivity index (χ1v) is 9.14. The third-order valence-corrected chi connectivity index (χ3v) is 6.56. The van der Waals surface area contributed by atoms with Crippen LogP contribution < -0.4 is 0 Å². The molecule has 7 heteroatoms. The molecule has 0 radical (unpaired) electrons. The SMILES string of the molecule is CC(C)(C(=O)N1CCc2c(Cl)cc(Cl)cc2C1)S(C)(=O)=O. The van der Waals surface area contributed by atoms with Crippen LogP contribution in [0, 0.1) is 0 Å². The Morgan fingerprint density at radius 2 is 1.90 bits per heavy atom. The van der Waals surface area contributed by atoms with E-state index in [9.17, 15) is 13.2 Å². The summed E-state index contributed by atoms with van der Waals surface area (Å²) in [6.45, 7) is 3.65. The van der Waals surface area contributed by atoms with Gasteiger partial charge in [0.05, 0.1) is 0 Å². The van der Waals surface area contributed by atoms with Crippen molar-refractivity contribution >= 4 is 38.9 Å². The summed E-state index contributed by atoms with van der Waals surface area (Å²) in [5.41, 5.74) is 1.85. The highest BCUT2D eigenvalue weighted by Crippen LogP contribution is 2.31. The van der Waals surface area contributed by atoms with Gasteiger partial charge in [-0.3, -0.25) is 4.79 Å². The van der Waals surface area contributed by atoms with E-state index in [2.05, 4.69) is 0 Å². The summed E-state index contributed by atoms with van der Waals surface area (Å²) in [6, 6.07) is 3.45. The molecule has 0 saturated heterocycles. The Morgan fingerprint density at radius 3 is 2.48 bits per heavy atom. The Morgan fingerprint density at radius 1 is 1.29 bits per heavy atom. The van der Waals surface area contributed by atoms with Crippen molar-refractivity contribution in [3.63, 3.8) is 0 Å². The Balaban J connectivity index is 2.32. The number of fused-ring (bicyclic) bond motifs is 1. The van der Waals surface area contributed by atoms with Crippen LogP contribution in [0.4, 0.5) is 0 Å². The van der Waals surface area contributed by atoms with Crippen molar-refractivity contribution in [3.05, 3.63) is 33.3 Å². The normalized spacial score (nSPS) is 15.8. The van der Waals surface area contributed by atoms with Crippen molar-refractivity contribution in [2.75, 3.05) is 12.8 Å². The fourth-order valence-corrected chi connectivity index (χ4v) is 3.40. The Hall–Kier alpha value is -0.780. The number of carbonyl (C=O) groups excluding carboxylic acids is 1. The monoisotopic (exact) mass is 349 g/mol. The van der Waals surface area contributed by atoms with Crippen molar-refractivity contribution in [3.8, 4) is 0 Å². The maximum absolute atomic E-state index is 12.5. The van der Waals surface area contributed by atoms with Gasteiger partial charge in [-0.25, -0.2) is 8.42 Å². The molecule has 0 bridgehead atoms. The van der Waals surface area contributed by atoms with Gasteiger partial charge < -0.3 is 4.90 Å². The van der Waals surface area contributed by atoms with E-state index in [0.717, 1.165) is 17.4 Å². The van der Waals surface area contributed by atoms with E-state index in [1.165, 1.54) is 13.8 Å². The average molecular weight is 350 g/mol. The van der Waals surface area contributed by atoms with E-state index in [-0.39, 0.29) is 0 Å². The fraction of sp³-hybridized carbons (Fsp3) is 0.500. The van der Waals surface area contributed by atoms with Crippen LogP contribution in [0.5, 0.6) is 0 Å². The summed E-state index contributed by atoms with van der Waals surface area (Å²) >= 11 is 12.1. The molecule has 1 aliphatic rings. The van der Waals surface area contributed by atoms with Gasteiger partial charge in [0, 0.05) is 29.4 Å². The molecule has 1 heterocycles. The minimum absolute atomic E-state index is 0.327. The highest BCUT2D eigenvalue weighted by Gasteiger charge is 2.42. The number of halogens is 2. The summed E-state index contributed by atoms with van der Waals surface area (Å²) in [7, 11) is -3.49. The van der Waals surface area contributed by atoms with Crippen molar-refractivity contribution in [2.45, 2.75) is 31.6 Å². The number of sulfone groups is 1. The topological polar surface area (TPSA) is 54.5 Å². The van der Waals surface area contributed by atoms with Gasteiger partial charge in [0.25, 0.3) is 0 Å². The lowest BCUT2D eigenvalue weighted by molar-refractivity contribution is -0.134. The Labute approximate surface area is 134 Å². The zero-order valence-corrected chi connectivity index (χ0v) is 14.4. The Bertz CT molecular complexity index is 698. The molecule has 1 aromatic rings. The van der Waals surface area contributed by atoms with Crippen LogP contribution in [0.15, 0.2) is 12.1 Å². The lowest BCUT2D eigenvalue weighted by Crippen LogP contribution is -2.51. The van der Waals surface area contributed by atoms with Gasteiger partial charge in [0.2, 0.25) is 5.91 Å². The lowest BCUT2D eigenvalue weighted by atomic mass is 9.98. The van der Waals surface area contributed by atoms with E-state index < -0.39 is 20.5 Å². The third-order valence-electron chi connectivity index (χ3n) is 3.97. The van der Waals surface area contributed by atoms with Gasteiger partial charge in [-0.1, -0.05) is 23.2 Å².